The second-order valence-corrected chi connectivity index (χ2v) is 6.38. The van der Waals surface area contributed by atoms with Crippen molar-refractivity contribution in [1.82, 2.24) is 4.98 Å². The lowest BCUT2D eigenvalue weighted by Crippen LogP contribution is -2.05. The van der Waals surface area contributed by atoms with E-state index in [2.05, 4.69) is 24.0 Å². The largest absolute Gasteiger partial charge is 0.485 e. The first-order valence-corrected chi connectivity index (χ1v) is 8.37. The van der Waals surface area contributed by atoms with E-state index in [1.54, 1.807) is 6.20 Å². The quantitative estimate of drug-likeness (QED) is 0.578. The number of aryl methyl sites for hydroxylation is 1. The molecule has 0 bridgehead atoms. The zero-order chi connectivity index (χ0) is 17.4. The summed E-state index contributed by atoms with van der Waals surface area (Å²) in [4.78, 5) is 4.51. The Balaban J connectivity index is 1.82. The number of benzene rings is 2. The predicted molar refractivity (Wildman–Crippen MR) is 99.6 cm³/mol. The van der Waals surface area contributed by atoms with Crippen LogP contribution in [0.3, 0.4) is 0 Å². The highest BCUT2D eigenvalue weighted by molar-refractivity contribution is 6.05. The molecule has 0 saturated heterocycles. The summed E-state index contributed by atoms with van der Waals surface area (Å²) >= 11 is 0. The molecule has 0 amide bonds. The Hall–Kier alpha value is -2.85. The average molecular weight is 332 g/mol. The standard InChI is InChI=1S/C21H20N2O2/c1-13-10-16(14(2)22)20-17(11-13)19-21(25-20)18(8-9-23-19)24-12-15-6-4-3-5-7-15/h3-11,14H,12,22H2,1-2H3/t14-/m1/s1. The molecule has 0 spiro atoms. The molecular formula is C21H20N2O2. The number of furan rings is 1. The summed E-state index contributed by atoms with van der Waals surface area (Å²) in [5.74, 6) is 0.693. The Bertz CT molecular complexity index is 1040. The zero-order valence-electron chi connectivity index (χ0n) is 14.3. The summed E-state index contributed by atoms with van der Waals surface area (Å²) in [7, 11) is 0. The molecule has 0 saturated carbocycles. The second-order valence-electron chi connectivity index (χ2n) is 6.38. The Morgan fingerprint density at radius 2 is 1.92 bits per heavy atom. The number of aromatic nitrogens is 1. The number of nitrogens with zero attached hydrogens (tertiary/aromatic N) is 1. The van der Waals surface area contributed by atoms with Gasteiger partial charge in [0.2, 0.25) is 0 Å². The molecule has 0 unspecified atom stereocenters. The Labute approximate surface area is 146 Å². The van der Waals surface area contributed by atoms with Crippen molar-refractivity contribution < 1.29 is 9.15 Å². The minimum Gasteiger partial charge on any atom is -0.485 e. The molecule has 2 aromatic carbocycles. The smallest absolute Gasteiger partial charge is 0.195 e. The molecule has 0 radical (unpaired) electrons. The summed E-state index contributed by atoms with van der Waals surface area (Å²) in [5, 5.41) is 0.979. The topological polar surface area (TPSA) is 61.3 Å². The number of ether oxygens (including phenoxy) is 1. The van der Waals surface area contributed by atoms with Crippen molar-refractivity contribution in [3.8, 4) is 5.75 Å². The van der Waals surface area contributed by atoms with E-state index in [0.29, 0.717) is 17.9 Å². The van der Waals surface area contributed by atoms with E-state index in [1.165, 1.54) is 0 Å². The second kappa shape index (κ2) is 6.22. The minimum atomic E-state index is -0.114. The molecule has 2 aromatic heterocycles. The van der Waals surface area contributed by atoms with Gasteiger partial charge in [0.15, 0.2) is 11.3 Å². The van der Waals surface area contributed by atoms with Crippen LogP contribution < -0.4 is 10.5 Å². The summed E-state index contributed by atoms with van der Waals surface area (Å²) in [6, 6.07) is 15.9. The van der Waals surface area contributed by atoms with Crippen LogP contribution >= 0.6 is 0 Å². The number of hydrogen-bond acceptors (Lipinski definition) is 4. The highest BCUT2D eigenvalue weighted by Gasteiger charge is 2.17. The average Bonchev–Trinajstić information content (AvgIpc) is 2.99. The molecule has 0 aliphatic heterocycles. The van der Waals surface area contributed by atoms with E-state index in [0.717, 1.165) is 33.2 Å². The van der Waals surface area contributed by atoms with Crippen LogP contribution in [0.15, 0.2) is 59.1 Å². The third-order valence-corrected chi connectivity index (χ3v) is 4.32. The Morgan fingerprint density at radius 1 is 1.12 bits per heavy atom. The molecule has 4 aromatic rings. The lowest BCUT2D eigenvalue weighted by Gasteiger charge is -2.07. The molecule has 1 atom stereocenters. The highest BCUT2D eigenvalue weighted by Crippen LogP contribution is 2.37. The Kier molecular flexibility index (Phi) is 3.90. The van der Waals surface area contributed by atoms with Crippen LogP contribution in [0.1, 0.15) is 29.7 Å². The van der Waals surface area contributed by atoms with Gasteiger partial charge in [0.1, 0.15) is 17.7 Å². The van der Waals surface area contributed by atoms with Gasteiger partial charge in [0, 0.05) is 29.3 Å². The maximum atomic E-state index is 6.15. The monoisotopic (exact) mass is 332 g/mol. The zero-order valence-corrected chi connectivity index (χ0v) is 14.3. The van der Waals surface area contributed by atoms with Crippen LogP contribution in [0.4, 0.5) is 0 Å². The third kappa shape index (κ3) is 2.85. The van der Waals surface area contributed by atoms with Gasteiger partial charge in [-0.1, -0.05) is 36.4 Å². The normalized spacial score (nSPS) is 12.6. The molecule has 25 heavy (non-hydrogen) atoms. The van der Waals surface area contributed by atoms with Crippen LogP contribution in [0.2, 0.25) is 0 Å². The van der Waals surface area contributed by atoms with Gasteiger partial charge >= 0.3 is 0 Å². The van der Waals surface area contributed by atoms with Crippen molar-refractivity contribution in [2.45, 2.75) is 26.5 Å². The van der Waals surface area contributed by atoms with Gasteiger partial charge in [-0.25, -0.2) is 0 Å². The van der Waals surface area contributed by atoms with Crippen LogP contribution in [0.5, 0.6) is 5.75 Å². The molecular weight excluding hydrogens is 312 g/mol. The van der Waals surface area contributed by atoms with Crippen molar-refractivity contribution in [3.05, 3.63) is 71.4 Å². The van der Waals surface area contributed by atoms with Gasteiger partial charge in [0.05, 0.1) is 0 Å². The fourth-order valence-electron chi connectivity index (χ4n) is 3.10. The van der Waals surface area contributed by atoms with E-state index in [9.17, 15) is 0 Å². The number of hydrogen-bond donors (Lipinski definition) is 1. The molecule has 2 heterocycles. The van der Waals surface area contributed by atoms with E-state index in [1.807, 2.05) is 43.3 Å². The van der Waals surface area contributed by atoms with Gasteiger partial charge in [-0.2, -0.15) is 0 Å². The SMILES string of the molecule is Cc1cc([C@@H](C)N)c2oc3c(OCc4ccccc4)ccnc3c2c1. The molecule has 0 aliphatic carbocycles. The van der Waals surface area contributed by atoms with Crippen molar-refractivity contribution >= 4 is 22.1 Å². The number of pyridine rings is 1. The van der Waals surface area contributed by atoms with Crippen LogP contribution in [0, 0.1) is 6.92 Å². The van der Waals surface area contributed by atoms with Gasteiger partial charge in [0.25, 0.3) is 0 Å². The summed E-state index contributed by atoms with van der Waals surface area (Å²) in [5.41, 5.74) is 11.6. The van der Waals surface area contributed by atoms with Crippen LogP contribution in [0.25, 0.3) is 22.1 Å². The van der Waals surface area contributed by atoms with E-state index < -0.39 is 0 Å². The first kappa shape index (κ1) is 15.7. The lowest BCUT2D eigenvalue weighted by molar-refractivity contribution is 0.305. The van der Waals surface area contributed by atoms with Crippen LogP contribution in [-0.4, -0.2) is 4.98 Å². The fraction of sp³-hybridized carbons (Fsp3) is 0.190. The maximum absolute atomic E-state index is 6.15. The molecule has 0 aliphatic rings. The summed E-state index contributed by atoms with van der Waals surface area (Å²) in [6.07, 6.45) is 1.76. The minimum absolute atomic E-state index is 0.114. The Morgan fingerprint density at radius 3 is 2.68 bits per heavy atom. The van der Waals surface area contributed by atoms with Gasteiger partial charge in [-0.05, 0) is 31.0 Å². The van der Waals surface area contributed by atoms with Crippen molar-refractivity contribution in [2.24, 2.45) is 5.73 Å². The molecule has 4 rings (SSSR count). The van der Waals surface area contributed by atoms with Crippen molar-refractivity contribution in [2.75, 3.05) is 0 Å². The molecule has 4 nitrogen and oxygen atoms in total. The van der Waals surface area contributed by atoms with Crippen LogP contribution in [-0.2, 0) is 6.61 Å². The summed E-state index contributed by atoms with van der Waals surface area (Å²) < 4.78 is 12.2. The lowest BCUT2D eigenvalue weighted by atomic mass is 10.0. The first-order chi connectivity index (χ1) is 12.1. The summed E-state index contributed by atoms with van der Waals surface area (Å²) in [6.45, 7) is 4.50. The van der Waals surface area contributed by atoms with Gasteiger partial charge in [-0.3, -0.25) is 4.98 Å². The molecule has 2 N–H and O–H groups in total. The van der Waals surface area contributed by atoms with Crippen molar-refractivity contribution in [1.29, 1.82) is 0 Å². The van der Waals surface area contributed by atoms with Gasteiger partial charge in [-0.15, -0.1) is 0 Å². The third-order valence-electron chi connectivity index (χ3n) is 4.32. The van der Waals surface area contributed by atoms with E-state index >= 15 is 0 Å². The van der Waals surface area contributed by atoms with E-state index in [-0.39, 0.29) is 6.04 Å². The molecule has 126 valence electrons. The molecule has 0 fully saturated rings. The highest BCUT2D eigenvalue weighted by atomic mass is 16.5. The van der Waals surface area contributed by atoms with E-state index in [4.69, 9.17) is 14.9 Å². The van der Waals surface area contributed by atoms with Gasteiger partial charge < -0.3 is 14.9 Å². The first-order valence-electron chi connectivity index (χ1n) is 8.37. The maximum Gasteiger partial charge on any atom is 0.195 e. The number of fused-ring (bicyclic) bond motifs is 3. The predicted octanol–water partition coefficient (Wildman–Crippen LogP) is 4.89. The molecule has 4 heteroatoms. The number of nitrogens with two attached hydrogens (primary N) is 1. The number of rotatable bonds is 4. The van der Waals surface area contributed by atoms with Crippen molar-refractivity contribution in [3.63, 3.8) is 0 Å². The fourth-order valence-corrected chi connectivity index (χ4v) is 3.10.